The van der Waals surface area contributed by atoms with Crippen molar-refractivity contribution in [2.75, 3.05) is 0 Å². The van der Waals surface area contributed by atoms with Crippen LogP contribution in [0.1, 0.15) is 45.4 Å². The monoisotopic (exact) mass is 272 g/mol. The Hall–Kier alpha value is -0.480. The first kappa shape index (κ1) is 12.6. The molecule has 4 heteroatoms. The number of aliphatic hydroxyl groups is 1. The number of halogens is 1. The molecule has 1 heterocycles. The molecule has 0 unspecified atom stereocenters. The lowest BCUT2D eigenvalue weighted by atomic mass is 9.84. The Morgan fingerprint density at radius 3 is 2.20 bits per heavy atom. The molecule has 3 nitrogen and oxygen atoms in total. The predicted molar refractivity (Wildman–Crippen MR) is 63.4 cm³/mol. The normalized spacial score (nSPS) is 19.3. The van der Waals surface area contributed by atoms with E-state index in [4.69, 9.17) is 0 Å². The molecule has 15 heavy (non-hydrogen) atoms. The molecule has 1 fully saturated rings. The molecule has 0 saturated heterocycles. The van der Waals surface area contributed by atoms with Gasteiger partial charge in [0.05, 0.1) is 4.47 Å². The maximum atomic E-state index is 10.3. The molecule has 1 aromatic heterocycles. The van der Waals surface area contributed by atoms with E-state index in [1.54, 1.807) is 12.4 Å². The van der Waals surface area contributed by atoms with E-state index in [0.717, 1.165) is 30.2 Å². The van der Waals surface area contributed by atoms with Crippen LogP contribution < -0.4 is 0 Å². The number of aromatic nitrogens is 2. The average Bonchev–Trinajstić information content (AvgIpc) is 2.19. The Morgan fingerprint density at radius 1 is 1.13 bits per heavy atom. The highest BCUT2D eigenvalue weighted by Crippen LogP contribution is 2.34. The van der Waals surface area contributed by atoms with Crippen molar-refractivity contribution in [3.05, 3.63) is 22.7 Å². The molecular weight excluding hydrogens is 256 g/mol. The van der Waals surface area contributed by atoms with Crippen LogP contribution in [0.15, 0.2) is 16.9 Å². The fraction of sp³-hybridized carbons (Fsp3) is 0.636. The minimum atomic E-state index is -0.779. The first-order valence-electron chi connectivity index (χ1n) is 4.91. The quantitative estimate of drug-likeness (QED) is 0.855. The number of nitrogens with zero attached hydrogens (tertiary/aromatic N) is 2. The van der Waals surface area contributed by atoms with Gasteiger partial charge in [-0.05, 0) is 28.8 Å². The van der Waals surface area contributed by atoms with E-state index in [2.05, 4.69) is 25.9 Å². The molecule has 1 saturated carbocycles. The van der Waals surface area contributed by atoms with Gasteiger partial charge >= 0.3 is 0 Å². The van der Waals surface area contributed by atoms with Crippen molar-refractivity contribution in [3.8, 4) is 0 Å². The van der Waals surface area contributed by atoms with Gasteiger partial charge in [-0.2, -0.15) is 0 Å². The summed E-state index contributed by atoms with van der Waals surface area (Å²) in [5.74, 6) is 0.570. The molecule has 0 amide bonds. The Labute approximate surface area is 99.1 Å². The van der Waals surface area contributed by atoms with Crippen LogP contribution in [-0.4, -0.2) is 15.1 Å². The van der Waals surface area contributed by atoms with E-state index in [1.807, 2.05) is 0 Å². The summed E-state index contributed by atoms with van der Waals surface area (Å²) in [6, 6.07) is 0. The fourth-order valence-electron chi connectivity index (χ4n) is 1.91. The summed E-state index contributed by atoms with van der Waals surface area (Å²) >= 11 is 3.28. The zero-order valence-electron chi connectivity index (χ0n) is 7.91. The van der Waals surface area contributed by atoms with Crippen molar-refractivity contribution in [1.29, 1.82) is 0 Å². The molecule has 1 N–H and O–H groups in total. The third-order valence-corrected chi connectivity index (χ3v) is 3.13. The second kappa shape index (κ2) is 5.03. The molecule has 0 aliphatic heterocycles. The van der Waals surface area contributed by atoms with Gasteiger partial charge in [-0.15, -0.1) is 0 Å². The molecule has 1 aliphatic carbocycles. The Balaban J connectivity index is 0.00000112. The molecule has 1 aliphatic rings. The van der Waals surface area contributed by atoms with Crippen LogP contribution in [0.25, 0.3) is 0 Å². The second-order valence-corrected chi connectivity index (χ2v) is 4.73. The van der Waals surface area contributed by atoms with E-state index in [-0.39, 0.29) is 7.43 Å². The topological polar surface area (TPSA) is 46.0 Å². The van der Waals surface area contributed by atoms with Gasteiger partial charge in [0, 0.05) is 12.4 Å². The first-order chi connectivity index (χ1) is 6.71. The highest BCUT2D eigenvalue weighted by atomic mass is 79.9. The molecule has 0 radical (unpaired) electrons. The van der Waals surface area contributed by atoms with Crippen molar-refractivity contribution < 1.29 is 5.11 Å². The van der Waals surface area contributed by atoms with E-state index in [9.17, 15) is 5.11 Å². The van der Waals surface area contributed by atoms with Gasteiger partial charge in [0.15, 0.2) is 5.82 Å². The van der Waals surface area contributed by atoms with Crippen LogP contribution >= 0.6 is 15.9 Å². The number of hydrogen-bond acceptors (Lipinski definition) is 3. The van der Waals surface area contributed by atoms with Crippen LogP contribution in [-0.2, 0) is 5.60 Å². The minimum absolute atomic E-state index is 0. The number of rotatable bonds is 1. The molecule has 1 aromatic rings. The molecule has 0 bridgehead atoms. The molecule has 2 rings (SSSR count). The Bertz CT molecular complexity index is 307. The zero-order chi connectivity index (χ0) is 10.0. The molecule has 84 valence electrons. The van der Waals surface area contributed by atoms with Crippen molar-refractivity contribution in [1.82, 2.24) is 9.97 Å². The smallest absolute Gasteiger partial charge is 0.160 e. The average molecular weight is 273 g/mol. The summed E-state index contributed by atoms with van der Waals surface area (Å²) in [5, 5.41) is 10.3. The summed E-state index contributed by atoms with van der Waals surface area (Å²) in [6.45, 7) is 0. The first-order valence-corrected chi connectivity index (χ1v) is 5.70. The lowest BCUT2D eigenvalue weighted by Crippen LogP contribution is -2.30. The van der Waals surface area contributed by atoms with E-state index >= 15 is 0 Å². The van der Waals surface area contributed by atoms with Crippen LogP contribution in [0.5, 0.6) is 0 Å². The summed E-state index contributed by atoms with van der Waals surface area (Å²) in [4.78, 5) is 8.33. The van der Waals surface area contributed by atoms with E-state index in [1.165, 1.54) is 6.42 Å². The van der Waals surface area contributed by atoms with Crippen LogP contribution in [0.2, 0.25) is 0 Å². The number of hydrogen-bond donors (Lipinski definition) is 1. The summed E-state index contributed by atoms with van der Waals surface area (Å²) in [5.41, 5.74) is -0.779. The standard InChI is InChI=1S/C10H13BrN2O.CH4/c11-8-6-12-9(13-7-8)10(14)4-2-1-3-5-10;/h6-7,14H,1-5H2;1H4. The van der Waals surface area contributed by atoms with Gasteiger partial charge in [0.25, 0.3) is 0 Å². The second-order valence-electron chi connectivity index (χ2n) is 3.82. The van der Waals surface area contributed by atoms with Gasteiger partial charge in [0.1, 0.15) is 5.60 Å². The highest BCUT2D eigenvalue weighted by Gasteiger charge is 2.33. The fourth-order valence-corrected chi connectivity index (χ4v) is 2.12. The third kappa shape index (κ3) is 2.75. The van der Waals surface area contributed by atoms with Crippen molar-refractivity contribution >= 4 is 15.9 Å². The lowest BCUT2D eigenvalue weighted by Gasteiger charge is -2.30. The maximum absolute atomic E-state index is 10.3. The Morgan fingerprint density at radius 2 is 1.67 bits per heavy atom. The maximum Gasteiger partial charge on any atom is 0.160 e. The molecule has 0 aromatic carbocycles. The Kier molecular flexibility index (Phi) is 4.22. The molecule has 0 atom stereocenters. The van der Waals surface area contributed by atoms with E-state index in [0.29, 0.717) is 5.82 Å². The van der Waals surface area contributed by atoms with E-state index < -0.39 is 5.60 Å². The van der Waals surface area contributed by atoms with Gasteiger partial charge in [-0.25, -0.2) is 9.97 Å². The van der Waals surface area contributed by atoms with Crippen molar-refractivity contribution in [2.24, 2.45) is 0 Å². The molecule has 0 spiro atoms. The van der Waals surface area contributed by atoms with Gasteiger partial charge in [0.2, 0.25) is 0 Å². The van der Waals surface area contributed by atoms with Crippen molar-refractivity contribution in [2.45, 2.75) is 45.1 Å². The van der Waals surface area contributed by atoms with Crippen LogP contribution in [0.3, 0.4) is 0 Å². The minimum Gasteiger partial charge on any atom is -0.382 e. The summed E-state index contributed by atoms with van der Waals surface area (Å²) < 4.78 is 0.848. The summed E-state index contributed by atoms with van der Waals surface area (Å²) in [6.07, 6.45) is 8.29. The highest BCUT2D eigenvalue weighted by molar-refractivity contribution is 9.10. The SMILES string of the molecule is C.OC1(c2ncc(Br)cn2)CCCCC1. The predicted octanol–water partition coefficient (Wildman–Crippen LogP) is 3.03. The third-order valence-electron chi connectivity index (χ3n) is 2.72. The van der Waals surface area contributed by atoms with Crippen LogP contribution in [0, 0.1) is 0 Å². The largest absolute Gasteiger partial charge is 0.382 e. The van der Waals surface area contributed by atoms with Gasteiger partial charge < -0.3 is 5.11 Å². The zero-order valence-corrected chi connectivity index (χ0v) is 9.50. The lowest BCUT2D eigenvalue weighted by molar-refractivity contribution is -0.00899. The molecular formula is C11H17BrN2O. The van der Waals surface area contributed by atoms with Gasteiger partial charge in [-0.3, -0.25) is 0 Å². The van der Waals surface area contributed by atoms with Crippen LogP contribution in [0.4, 0.5) is 0 Å². The van der Waals surface area contributed by atoms with Crippen molar-refractivity contribution in [3.63, 3.8) is 0 Å². The summed E-state index contributed by atoms with van der Waals surface area (Å²) in [7, 11) is 0. The van der Waals surface area contributed by atoms with Gasteiger partial charge in [-0.1, -0.05) is 26.7 Å².